The fourth-order valence-corrected chi connectivity index (χ4v) is 3.69. The Bertz CT molecular complexity index is 782. The Morgan fingerprint density at radius 3 is 2.57 bits per heavy atom. The normalized spacial score (nSPS) is 21.4. The minimum Gasteiger partial charge on any atom is -0.497 e. The number of rotatable bonds is 9. The van der Waals surface area contributed by atoms with Gasteiger partial charge in [-0.25, -0.2) is 0 Å². The van der Waals surface area contributed by atoms with Crippen molar-refractivity contribution < 1.29 is 19.4 Å². The first kappa shape index (κ1) is 22.3. The van der Waals surface area contributed by atoms with Gasteiger partial charge in [0.1, 0.15) is 5.75 Å². The van der Waals surface area contributed by atoms with E-state index in [-0.39, 0.29) is 12.0 Å². The van der Waals surface area contributed by atoms with E-state index in [0.29, 0.717) is 13.0 Å². The highest BCUT2D eigenvalue weighted by Gasteiger charge is 2.34. The Morgan fingerprint density at radius 1 is 1.13 bits per heavy atom. The number of benzene rings is 2. The summed E-state index contributed by atoms with van der Waals surface area (Å²) in [6.07, 6.45) is 0.568. The van der Waals surface area contributed by atoms with Crippen LogP contribution in [-0.2, 0) is 22.6 Å². The lowest BCUT2D eigenvalue weighted by molar-refractivity contribution is -0.158. The Labute approximate surface area is 178 Å². The SMILES string of the molecule is COc1ccc(CNC(=O)C2OC(CCN(C)Cc3ccccc3)CCC2O)cc1. The number of aliphatic hydroxyl groups excluding tert-OH is 1. The van der Waals surface area contributed by atoms with Gasteiger partial charge >= 0.3 is 0 Å². The summed E-state index contributed by atoms with van der Waals surface area (Å²) in [5.41, 5.74) is 2.24. The van der Waals surface area contributed by atoms with Crippen LogP contribution in [0.2, 0.25) is 0 Å². The molecule has 0 aliphatic carbocycles. The van der Waals surface area contributed by atoms with Crippen LogP contribution in [0.4, 0.5) is 0 Å². The molecule has 1 heterocycles. The molecule has 0 radical (unpaired) electrons. The number of carbonyl (C=O) groups is 1. The molecule has 6 heteroatoms. The minimum absolute atomic E-state index is 0.0247. The quantitative estimate of drug-likeness (QED) is 0.663. The fraction of sp³-hybridized carbons (Fsp3) is 0.458. The lowest BCUT2D eigenvalue weighted by Gasteiger charge is -2.33. The predicted octanol–water partition coefficient (Wildman–Crippen LogP) is 2.74. The van der Waals surface area contributed by atoms with E-state index in [0.717, 1.165) is 37.2 Å². The smallest absolute Gasteiger partial charge is 0.252 e. The summed E-state index contributed by atoms with van der Waals surface area (Å²) >= 11 is 0. The fourth-order valence-electron chi connectivity index (χ4n) is 3.69. The van der Waals surface area contributed by atoms with Crippen LogP contribution in [0.3, 0.4) is 0 Å². The third-order valence-electron chi connectivity index (χ3n) is 5.49. The van der Waals surface area contributed by atoms with E-state index < -0.39 is 12.2 Å². The highest BCUT2D eigenvalue weighted by molar-refractivity contribution is 5.81. The van der Waals surface area contributed by atoms with Gasteiger partial charge in [-0.15, -0.1) is 0 Å². The molecule has 1 fully saturated rings. The monoisotopic (exact) mass is 412 g/mol. The van der Waals surface area contributed by atoms with Gasteiger partial charge in [0, 0.05) is 19.6 Å². The first-order valence-corrected chi connectivity index (χ1v) is 10.5. The molecule has 1 saturated heterocycles. The number of methoxy groups -OCH3 is 1. The van der Waals surface area contributed by atoms with Crippen molar-refractivity contribution in [2.24, 2.45) is 0 Å². The van der Waals surface area contributed by atoms with Crippen LogP contribution in [0.1, 0.15) is 30.4 Å². The largest absolute Gasteiger partial charge is 0.497 e. The average Bonchev–Trinajstić information content (AvgIpc) is 2.78. The van der Waals surface area contributed by atoms with Crippen LogP contribution < -0.4 is 10.1 Å². The third-order valence-corrected chi connectivity index (χ3v) is 5.49. The molecule has 2 aromatic rings. The number of amides is 1. The second-order valence-electron chi connectivity index (χ2n) is 7.90. The molecular weight excluding hydrogens is 380 g/mol. The van der Waals surface area contributed by atoms with Gasteiger partial charge in [0.25, 0.3) is 5.91 Å². The molecule has 6 nitrogen and oxygen atoms in total. The number of hydrogen-bond acceptors (Lipinski definition) is 5. The molecule has 0 bridgehead atoms. The predicted molar refractivity (Wildman–Crippen MR) is 116 cm³/mol. The van der Waals surface area contributed by atoms with Crippen molar-refractivity contribution in [1.29, 1.82) is 0 Å². The van der Waals surface area contributed by atoms with Gasteiger partial charge in [-0.3, -0.25) is 4.79 Å². The van der Waals surface area contributed by atoms with Crippen molar-refractivity contribution in [3.63, 3.8) is 0 Å². The standard InChI is InChI=1S/C24H32N2O4/c1-26(17-19-6-4-3-5-7-19)15-14-21-12-13-22(27)23(30-21)24(28)25-16-18-8-10-20(29-2)11-9-18/h3-11,21-23,27H,12-17H2,1-2H3,(H,25,28). The molecular formula is C24H32N2O4. The molecule has 1 amide bonds. The van der Waals surface area contributed by atoms with Crippen LogP contribution in [0.5, 0.6) is 5.75 Å². The first-order valence-electron chi connectivity index (χ1n) is 10.5. The molecule has 3 atom stereocenters. The maximum Gasteiger partial charge on any atom is 0.252 e. The number of hydrogen-bond donors (Lipinski definition) is 2. The summed E-state index contributed by atoms with van der Waals surface area (Å²) in [5.74, 6) is 0.511. The van der Waals surface area contributed by atoms with Gasteiger partial charge in [-0.05, 0) is 49.6 Å². The topological polar surface area (TPSA) is 71.0 Å². The number of carbonyl (C=O) groups excluding carboxylic acids is 1. The van der Waals surface area contributed by atoms with Crippen molar-refractivity contribution in [2.75, 3.05) is 20.7 Å². The second kappa shape index (κ2) is 11.1. The molecule has 3 unspecified atom stereocenters. The van der Waals surface area contributed by atoms with E-state index in [1.54, 1.807) is 7.11 Å². The van der Waals surface area contributed by atoms with Crippen LogP contribution in [0, 0.1) is 0 Å². The average molecular weight is 413 g/mol. The summed E-state index contributed by atoms with van der Waals surface area (Å²) in [7, 11) is 3.71. The maximum absolute atomic E-state index is 12.6. The van der Waals surface area contributed by atoms with Crippen molar-refractivity contribution in [2.45, 2.75) is 50.7 Å². The summed E-state index contributed by atoms with van der Waals surface area (Å²) in [4.78, 5) is 14.9. The molecule has 0 spiro atoms. The molecule has 1 aliphatic heterocycles. The highest BCUT2D eigenvalue weighted by Crippen LogP contribution is 2.23. The summed E-state index contributed by atoms with van der Waals surface area (Å²) in [6.45, 7) is 2.14. The summed E-state index contributed by atoms with van der Waals surface area (Å²) in [5, 5.41) is 13.2. The lowest BCUT2D eigenvalue weighted by Crippen LogP contribution is -2.49. The van der Waals surface area contributed by atoms with E-state index >= 15 is 0 Å². The van der Waals surface area contributed by atoms with Crippen molar-refractivity contribution in [3.8, 4) is 5.75 Å². The molecule has 0 aromatic heterocycles. The lowest BCUT2D eigenvalue weighted by atomic mass is 9.98. The van der Waals surface area contributed by atoms with Crippen LogP contribution in [-0.4, -0.2) is 54.9 Å². The Morgan fingerprint density at radius 2 is 1.87 bits per heavy atom. The van der Waals surface area contributed by atoms with Gasteiger partial charge in [0.15, 0.2) is 6.10 Å². The molecule has 30 heavy (non-hydrogen) atoms. The van der Waals surface area contributed by atoms with Crippen LogP contribution in [0.25, 0.3) is 0 Å². The van der Waals surface area contributed by atoms with Gasteiger partial charge in [0.2, 0.25) is 0 Å². The number of ether oxygens (including phenoxy) is 2. The molecule has 2 aromatic carbocycles. The minimum atomic E-state index is -0.818. The van der Waals surface area contributed by atoms with Crippen molar-refractivity contribution in [3.05, 3.63) is 65.7 Å². The first-order chi connectivity index (χ1) is 14.5. The zero-order valence-electron chi connectivity index (χ0n) is 17.8. The zero-order valence-corrected chi connectivity index (χ0v) is 17.8. The summed E-state index contributed by atoms with van der Waals surface area (Å²) in [6, 6.07) is 17.9. The Balaban J connectivity index is 1.44. The van der Waals surface area contributed by atoms with Gasteiger partial charge in [-0.1, -0.05) is 42.5 Å². The van der Waals surface area contributed by atoms with E-state index in [1.807, 2.05) is 42.5 Å². The maximum atomic E-state index is 12.6. The number of aliphatic hydroxyl groups is 1. The molecule has 2 N–H and O–H groups in total. The Hall–Kier alpha value is -2.41. The highest BCUT2D eigenvalue weighted by atomic mass is 16.5. The Kier molecular flexibility index (Phi) is 8.25. The second-order valence-corrected chi connectivity index (χ2v) is 7.90. The van der Waals surface area contributed by atoms with E-state index in [4.69, 9.17) is 9.47 Å². The zero-order chi connectivity index (χ0) is 21.3. The summed E-state index contributed by atoms with van der Waals surface area (Å²) < 4.78 is 11.1. The van der Waals surface area contributed by atoms with Crippen molar-refractivity contribution >= 4 is 5.91 Å². The van der Waals surface area contributed by atoms with Gasteiger partial charge < -0.3 is 24.8 Å². The number of nitrogens with zero attached hydrogens (tertiary/aromatic N) is 1. The molecule has 162 valence electrons. The third kappa shape index (κ3) is 6.55. The number of nitrogens with one attached hydrogen (secondary N) is 1. The van der Waals surface area contributed by atoms with E-state index in [2.05, 4.69) is 29.4 Å². The van der Waals surface area contributed by atoms with Gasteiger partial charge in [-0.2, -0.15) is 0 Å². The van der Waals surface area contributed by atoms with Crippen molar-refractivity contribution in [1.82, 2.24) is 10.2 Å². The van der Waals surface area contributed by atoms with E-state index in [1.165, 1.54) is 5.56 Å². The van der Waals surface area contributed by atoms with Crippen LogP contribution >= 0.6 is 0 Å². The van der Waals surface area contributed by atoms with Crippen LogP contribution in [0.15, 0.2) is 54.6 Å². The van der Waals surface area contributed by atoms with E-state index in [9.17, 15) is 9.90 Å². The molecule has 0 saturated carbocycles. The molecule has 3 rings (SSSR count). The molecule has 1 aliphatic rings. The van der Waals surface area contributed by atoms with Gasteiger partial charge in [0.05, 0.1) is 19.3 Å².